The van der Waals surface area contributed by atoms with E-state index in [1.807, 2.05) is 19.2 Å². The Kier molecular flexibility index (Phi) is 12.0. The van der Waals surface area contributed by atoms with Gasteiger partial charge in [-0.3, -0.25) is 0 Å². The number of alkyl halides is 1. The summed E-state index contributed by atoms with van der Waals surface area (Å²) in [4.78, 5) is 0. The first kappa shape index (κ1) is 30.4. The molecule has 1 fully saturated rings. The predicted molar refractivity (Wildman–Crippen MR) is 162 cm³/mol. The molecule has 2 N–H and O–H groups in total. The van der Waals surface area contributed by atoms with Crippen molar-refractivity contribution in [3.05, 3.63) is 65.7 Å². The summed E-state index contributed by atoms with van der Waals surface area (Å²) in [5.41, 5.74) is 3.76. The minimum absolute atomic E-state index is 0.208. The summed E-state index contributed by atoms with van der Waals surface area (Å²) in [6.45, 7) is 16.7. The summed E-state index contributed by atoms with van der Waals surface area (Å²) in [6, 6.07) is 14.8. The Balaban J connectivity index is 0.000000572. The summed E-state index contributed by atoms with van der Waals surface area (Å²) in [6.07, 6.45) is 10.7. The Morgan fingerprint density at radius 1 is 1.08 bits per heavy atom. The molecule has 0 saturated heterocycles. The average molecular weight is 513 g/mol. The summed E-state index contributed by atoms with van der Waals surface area (Å²) in [5.74, 6) is 0. The van der Waals surface area contributed by atoms with Crippen LogP contribution in [0.25, 0.3) is 5.70 Å². The lowest BCUT2D eigenvalue weighted by Crippen LogP contribution is -2.40. The number of anilines is 1. The highest BCUT2D eigenvalue weighted by molar-refractivity contribution is 7.46. The first-order chi connectivity index (χ1) is 17.1. The molecule has 2 aromatic rings. The van der Waals surface area contributed by atoms with Crippen LogP contribution in [0.3, 0.4) is 0 Å². The fourth-order valence-electron chi connectivity index (χ4n) is 4.96. The number of hydrogen-bond donors (Lipinski definition) is 2. The van der Waals surface area contributed by atoms with E-state index in [2.05, 4.69) is 75.0 Å². The zero-order valence-corrected chi connectivity index (χ0v) is 24.9. The molecule has 0 bridgehead atoms. The maximum absolute atomic E-state index is 14.7. The number of nitrogens with one attached hydrogen (secondary N) is 2. The van der Waals surface area contributed by atoms with Gasteiger partial charge in [0.1, 0.15) is 5.67 Å². The molecule has 0 heterocycles. The molecule has 0 amide bonds. The second kappa shape index (κ2) is 14.2. The molecule has 1 aliphatic rings. The molecule has 3 rings (SSSR count). The highest BCUT2D eigenvalue weighted by atomic mass is 31.1. The standard InChI is InChI=1S/C25H34FN2P.C7H16/c1-17(22-20(27-5)15-19(24(2,3)26)16-21(22)29-6)28-23(25(4)13-10-14-25)18-11-8-7-9-12-18;1-3-5-7-6-4-2/h7-9,11-12,15-16,23,27-29H,1,10,13-14H2,2-6H3;3-7H2,1-2H3. The molecule has 2 nitrogen and oxygen atoms in total. The molecule has 0 spiro atoms. The van der Waals surface area contributed by atoms with E-state index in [9.17, 15) is 4.39 Å². The predicted octanol–water partition coefficient (Wildman–Crippen LogP) is 9.34. The molecule has 36 heavy (non-hydrogen) atoms. The highest BCUT2D eigenvalue weighted by Gasteiger charge is 2.41. The molecule has 2 aromatic carbocycles. The van der Waals surface area contributed by atoms with Crippen LogP contribution in [0.5, 0.6) is 0 Å². The molecular weight excluding hydrogens is 462 g/mol. The van der Waals surface area contributed by atoms with E-state index >= 15 is 0 Å². The summed E-state index contributed by atoms with van der Waals surface area (Å²) in [7, 11) is 2.45. The number of rotatable bonds is 12. The van der Waals surface area contributed by atoms with Crippen molar-refractivity contribution in [1.29, 1.82) is 0 Å². The number of benzene rings is 2. The molecule has 2 atom stereocenters. The van der Waals surface area contributed by atoms with Crippen LogP contribution in [0.2, 0.25) is 0 Å². The first-order valence-electron chi connectivity index (χ1n) is 13.8. The second-order valence-corrected chi connectivity index (χ2v) is 12.0. The van der Waals surface area contributed by atoms with Gasteiger partial charge in [0.05, 0.1) is 6.04 Å². The zero-order chi connectivity index (χ0) is 26.8. The maximum atomic E-state index is 14.7. The lowest BCUT2D eigenvalue weighted by molar-refractivity contribution is 0.107. The van der Waals surface area contributed by atoms with E-state index in [4.69, 9.17) is 0 Å². The zero-order valence-electron chi connectivity index (χ0n) is 23.9. The first-order valence-corrected chi connectivity index (χ1v) is 15.3. The normalized spacial score (nSPS) is 15.6. The van der Waals surface area contributed by atoms with Gasteiger partial charge in [-0.05, 0) is 67.3 Å². The fraction of sp³-hybridized carbons (Fsp3) is 0.562. The van der Waals surface area contributed by atoms with Gasteiger partial charge in [-0.2, -0.15) is 0 Å². The van der Waals surface area contributed by atoms with Crippen molar-refractivity contribution < 1.29 is 4.39 Å². The van der Waals surface area contributed by atoms with E-state index < -0.39 is 5.67 Å². The minimum Gasteiger partial charge on any atom is -0.388 e. The third-order valence-electron chi connectivity index (χ3n) is 7.52. The van der Waals surface area contributed by atoms with Crippen LogP contribution in [0.1, 0.15) is 109 Å². The summed E-state index contributed by atoms with van der Waals surface area (Å²) < 4.78 is 14.7. The Hall–Kier alpha value is -1.86. The van der Waals surface area contributed by atoms with Gasteiger partial charge in [0.15, 0.2) is 0 Å². The number of hydrogen-bond acceptors (Lipinski definition) is 2. The molecule has 1 aliphatic carbocycles. The van der Waals surface area contributed by atoms with Crippen LogP contribution in [-0.4, -0.2) is 13.7 Å². The number of halogens is 1. The average Bonchev–Trinajstić information content (AvgIpc) is 2.85. The Morgan fingerprint density at radius 3 is 2.14 bits per heavy atom. The topological polar surface area (TPSA) is 24.1 Å². The monoisotopic (exact) mass is 512 g/mol. The van der Waals surface area contributed by atoms with E-state index in [0.717, 1.165) is 22.3 Å². The third kappa shape index (κ3) is 8.07. The number of unbranched alkanes of at least 4 members (excludes halogenated alkanes) is 4. The molecular formula is C32H50FN2P. The van der Waals surface area contributed by atoms with Crippen molar-refractivity contribution in [3.63, 3.8) is 0 Å². The van der Waals surface area contributed by atoms with Crippen LogP contribution in [0.15, 0.2) is 49.0 Å². The van der Waals surface area contributed by atoms with Crippen molar-refractivity contribution in [2.24, 2.45) is 5.41 Å². The van der Waals surface area contributed by atoms with Crippen LogP contribution < -0.4 is 15.9 Å². The molecule has 200 valence electrons. The lowest BCUT2D eigenvalue weighted by atomic mass is 9.63. The van der Waals surface area contributed by atoms with Crippen LogP contribution in [-0.2, 0) is 5.67 Å². The molecule has 1 saturated carbocycles. The van der Waals surface area contributed by atoms with Gasteiger partial charge >= 0.3 is 0 Å². The van der Waals surface area contributed by atoms with E-state index in [-0.39, 0.29) is 11.5 Å². The molecule has 0 aromatic heterocycles. The highest BCUT2D eigenvalue weighted by Crippen LogP contribution is 2.50. The van der Waals surface area contributed by atoms with Gasteiger partial charge in [-0.15, -0.1) is 0 Å². The van der Waals surface area contributed by atoms with Crippen LogP contribution in [0, 0.1) is 5.41 Å². The van der Waals surface area contributed by atoms with Crippen molar-refractivity contribution in [2.75, 3.05) is 19.0 Å². The van der Waals surface area contributed by atoms with Gasteiger partial charge in [0, 0.05) is 24.0 Å². The molecule has 4 heteroatoms. The van der Waals surface area contributed by atoms with E-state index in [1.165, 1.54) is 56.9 Å². The Morgan fingerprint density at radius 2 is 1.69 bits per heavy atom. The SMILES string of the molecule is C=C(NC(c1ccccc1)C1(C)CCC1)c1c(NC)cc(C(C)(C)F)cc1PC.CCCCCCC. The quantitative estimate of drug-likeness (QED) is 0.219. The van der Waals surface area contributed by atoms with Crippen molar-refractivity contribution in [2.45, 2.75) is 97.7 Å². The summed E-state index contributed by atoms with van der Waals surface area (Å²) >= 11 is 0. The Labute approximate surface area is 222 Å². The Bertz CT molecular complexity index is 915. The minimum atomic E-state index is -1.38. The van der Waals surface area contributed by atoms with Crippen molar-refractivity contribution >= 4 is 25.3 Å². The van der Waals surface area contributed by atoms with Crippen LogP contribution >= 0.6 is 8.58 Å². The van der Waals surface area contributed by atoms with Crippen molar-refractivity contribution in [1.82, 2.24) is 5.32 Å². The van der Waals surface area contributed by atoms with Gasteiger partial charge in [-0.1, -0.05) is 105 Å². The van der Waals surface area contributed by atoms with Gasteiger partial charge in [0.25, 0.3) is 0 Å². The van der Waals surface area contributed by atoms with Gasteiger partial charge < -0.3 is 10.6 Å². The molecule has 0 aliphatic heterocycles. The van der Waals surface area contributed by atoms with E-state index in [1.54, 1.807) is 13.8 Å². The molecule has 2 unspecified atom stereocenters. The smallest absolute Gasteiger partial charge is 0.130 e. The molecule has 0 radical (unpaired) electrons. The van der Waals surface area contributed by atoms with Crippen molar-refractivity contribution in [3.8, 4) is 0 Å². The fourth-order valence-corrected chi connectivity index (χ4v) is 5.79. The van der Waals surface area contributed by atoms with Crippen LogP contribution in [0.4, 0.5) is 10.1 Å². The summed E-state index contributed by atoms with van der Waals surface area (Å²) in [5, 5.41) is 8.20. The second-order valence-electron chi connectivity index (χ2n) is 11.0. The van der Waals surface area contributed by atoms with Gasteiger partial charge in [0.2, 0.25) is 0 Å². The third-order valence-corrected chi connectivity index (χ3v) is 8.45. The van der Waals surface area contributed by atoms with Gasteiger partial charge in [-0.25, -0.2) is 4.39 Å². The maximum Gasteiger partial charge on any atom is 0.130 e. The van der Waals surface area contributed by atoms with E-state index in [0.29, 0.717) is 14.1 Å². The lowest BCUT2D eigenvalue weighted by Gasteiger charge is -2.46. The largest absolute Gasteiger partial charge is 0.388 e.